The molecule has 0 spiro atoms. The van der Waals surface area contributed by atoms with Crippen LogP contribution in [0.2, 0.25) is 5.02 Å². The zero-order chi connectivity index (χ0) is 17.6. The van der Waals surface area contributed by atoms with Crippen LogP contribution in [0.25, 0.3) is 0 Å². The molecule has 0 fully saturated rings. The summed E-state index contributed by atoms with van der Waals surface area (Å²) in [6.07, 6.45) is -0.0567. The third-order valence-electron chi connectivity index (χ3n) is 3.11. The molecule has 126 valence electrons. The van der Waals surface area contributed by atoms with Gasteiger partial charge in [-0.15, -0.1) is 0 Å². The van der Waals surface area contributed by atoms with Gasteiger partial charge in [0.05, 0.1) is 17.0 Å². The third-order valence-corrected chi connectivity index (χ3v) is 4.58. The van der Waals surface area contributed by atoms with E-state index in [4.69, 9.17) is 16.7 Å². The zero-order valence-corrected chi connectivity index (χ0v) is 14.1. The molecular weight excluding hydrogens is 352 g/mol. The Labute approximate surface area is 144 Å². The molecule has 2 aromatic carbocycles. The lowest BCUT2D eigenvalue weighted by Gasteiger charge is -2.08. The van der Waals surface area contributed by atoms with E-state index in [0.29, 0.717) is 16.3 Å². The Morgan fingerprint density at radius 2 is 1.67 bits per heavy atom. The van der Waals surface area contributed by atoms with Gasteiger partial charge in [-0.2, -0.15) is 18.4 Å². The molecule has 2 N–H and O–H groups in total. The number of halogens is 1. The Kier molecular flexibility index (Phi) is 5.94. The summed E-state index contributed by atoms with van der Waals surface area (Å²) in [6.45, 7) is 0. The third kappa shape index (κ3) is 5.07. The van der Waals surface area contributed by atoms with Gasteiger partial charge in [0.2, 0.25) is 0 Å². The van der Waals surface area contributed by atoms with Gasteiger partial charge in [-0.3, -0.25) is 4.79 Å². The second-order valence-corrected chi connectivity index (χ2v) is 6.96. The molecule has 0 atom stereocenters. The number of hydrogen-bond donors (Lipinski definition) is 2. The zero-order valence-electron chi connectivity index (χ0n) is 12.5. The Bertz CT molecular complexity index is 834. The summed E-state index contributed by atoms with van der Waals surface area (Å²) in [6, 6.07) is 14.4. The van der Waals surface area contributed by atoms with Crippen molar-refractivity contribution in [3.05, 3.63) is 65.2 Å². The van der Waals surface area contributed by atoms with Crippen LogP contribution in [0.1, 0.15) is 18.4 Å². The summed E-state index contributed by atoms with van der Waals surface area (Å²) >= 11 is 5.74. The molecule has 2 aromatic rings. The first-order chi connectivity index (χ1) is 11.4. The van der Waals surface area contributed by atoms with E-state index in [-0.39, 0.29) is 17.7 Å². The van der Waals surface area contributed by atoms with Gasteiger partial charge in [0.25, 0.3) is 10.0 Å². The average molecular weight is 367 g/mol. The number of nitrogens with zero attached hydrogens (tertiary/aromatic N) is 1. The number of hydrazone groups is 1. The highest BCUT2D eigenvalue weighted by Gasteiger charge is 2.14. The molecule has 0 aliphatic rings. The molecule has 0 saturated carbocycles. The fourth-order valence-electron chi connectivity index (χ4n) is 1.90. The molecule has 0 aromatic heterocycles. The number of rotatable bonds is 7. The van der Waals surface area contributed by atoms with Crippen molar-refractivity contribution in [1.29, 1.82) is 0 Å². The minimum Gasteiger partial charge on any atom is -0.481 e. The SMILES string of the molecule is O=C(O)CCC(=NNS(=O)(=O)c1ccc(Cl)cc1)c1ccccc1. The number of nitrogens with one attached hydrogen (secondary N) is 1. The van der Waals surface area contributed by atoms with Crippen molar-refractivity contribution in [2.75, 3.05) is 0 Å². The second kappa shape index (κ2) is 7.94. The smallest absolute Gasteiger partial charge is 0.303 e. The van der Waals surface area contributed by atoms with Crippen LogP contribution in [0.15, 0.2) is 64.6 Å². The van der Waals surface area contributed by atoms with Gasteiger partial charge < -0.3 is 5.11 Å². The van der Waals surface area contributed by atoms with Gasteiger partial charge >= 0.3 is 5.97 Å². The Hall–Kier alpha value is -2.38. The average Bonchev–Trinajstić information content (AvgIpc) is 2.56. The summed E-state index contributed by atoms with van der Waals surface area (Å²) in [5, 5.41) is 13.2. The summed E-state index contributed by atoms with van der Waals surface area (Å²) in [7, 11) is -3.86. The van der Waals surface area contributed by atoms with Crippen LogP contribution >= 0.6 is 11.6 Å². The van der Waals surface area contributed by atoms with Crippen molar-refractivity contribution in [2.24, 2.45) is 5.10 Å². The fourth-order valence-corrected chi connectivity index (χ4v) is 2.86. The lowest BCUT2D eigenvalue weighted by molar-refractivity contribution is -0.136. The van der Waals surface area contributed by atoms with E-state index in [1.165, 1.54) is 24.3 Å². The molecule has 2 rings (SSSR count). The normalized spacial score (nSPS) is 12.0. The molecule has 6 nitrogen and oxygen atoms in total. The maximum Gasteiger partial charge on any atom is 0.303 e. The Morgan fingerprint density at radius 3 is 2.25 bits per heavy atom. The standard InChI is InChI=1S/C16H15ClN2O4S/c17-13-6-8-14(9-7-13)24(22,23)19-18-15(10-11-16(20)21)12-4-2-1-3-5-12/h1-9,19H,10-11H2,(H,20,21). The molecule has 8 heteroatoms. The number of carboxylic acids is 1. The highest BCUT2D eigenvalue weighted by Crippen LogP contribution is 2.14. The first-order valence-electron chi connectivity index (χ1n) is 6.99. The van der Waals surface area contributed by atoms with Crippen molar-refractivity contribution >= 4 is 33.3 Å². The summed E-state index contributed by atoms with van der Waals surface area (Å²) in [5.41, 5.74) is 0.994. The van der Waals surface area contributed by atoms with Gasteiger partial charge in [0.1, 0.15) is 0 Å². The van der Waals surface area contributed by atoms with Crippen molar-refractivity contribution in [1.82, 2.24) is 4.83 Å². The molecule has 0 aliphatic carbocycles. The minimum absolute atomic E-state index is 0.0151. The molecule has 0 bridgehead atoms. The van der Waals surface area contributed by atoms with E-state index in [9.17, 15) is 13.2 Å². The van der Waals surface area contributed by atoms with Crippen LogP contribution in [0.4, 0.5) is 0 Å². The van der Waals surface area contributed by atoms with Crippen molar-refractivity contribution in [3.8, 4) is 0 Å². The maximum absolute atomic E-state index is 12.2. The van der Waals surface area contributed by atoms with E-state index in [2.05, 4.69) is 9.93 Å². The van der Waals surface area contributed by atoms with Gasteiger partial charge in [-0.05, 0) is 29.8 Å². The molecule has 0 unspecified atom stereocenters. The van der Waals surface area contributed by atoms with Crippen molar-refractivity contribution in [2.45, 2.75) is 17.7 Å². The molecule has 0 amide bonds. The first kappa shape index (κ1) is 18.0. The predicted molar refractivity (Wildman–Crippen MR) is 91.6 cm³/mol. The number of carboxylic acid groups (broad SMARTS) is 1. The molecule has 0 radical (unpaired) electrons. The predicted octanol–water partition coefficient (Wildman–Crippen LogP) is 2.89. The monoisotopic (exact) mass is 366 g/mol. The molecule has 0 saturated heterocycles. The van der Waals surface area contributed by atoms with E-state index in [0.717, 1.165) is 0 Å². The summed E-state index contributed by atoms with van der Waals surface area (Å²) in [4.78, 5) is 12.9. The van der Waals surface area contributed by atoms with Crippen LogP contribution in [0.3, 0.4) is 0 Å². The van der Waals surface area contributed by atoms with Crippen molar-refractivity contribution in [3.63, 3.8) is 0 Å². The topological polar surface area (TPSA) is 95.8 Å². The maximum atomic E-state index is 12.2. The first-order valence-corrected chi connectivity index (χ1v) is 8.86. The number of benzene rings is 2. The number of hydrogen-bond acceptors (Lipinski definition) is 4. The van der Waals surface area contributed by atoms with E-state index in [1.807, 2.05) is 0 Å². The number of aliphatic carboxylic acids is 1. The van der Waals surface area contributed by atoms with Gasteiger partial charge in [-0.1, -0.05) is 41.9 Å². The van der Waals surface area contributed by atoms with E-state index < -0.39 is 16.0 Å². The minimum atomic E-state index is -3.86. The highest BCUT2D eigenvalue weighted by atomic mass is 35.5. The van der Waals surface area contributed by atoms with Crippen LogP contribution in [0.5, 0.6) is 0 Å². The van der Waals surface area contributed by atoms with Gasteiger partial charge in [0.15, 0.2) is 0 Å². The van der Waals surface area contributed by atoms with Crippen LogP contribution < -0.4 is 4.83 Å². The second-order valence-electron chi connectivity index (χ2n) is 4.87. The highest BCUT2D eigenvalue weighted by molar-refractivity contribution is 7.89. The summed E-state index contributed by atoms with van der Waals surface area (Å²) < 4.78 is 24.5. The lowest BCUT2D eigenvalue weighted by atomic mass is 10.1. The van der Waals surface area contributed by atoms with Crippen LogP contribution in [0, 0.1) is 0 Å². The molecule has 24 heavy (non-hydrogen) atoms. The molecule has 0 aliphatic heterocycles. The largest absolute Gasteiger partial charge is 0.481 e. The van der Waals surface area contributed by atoms with E-state index in [1.54, 1.807) is 30.3 Å². The van der Waals surface area contributed by atoms with Gasteiger partial charge in [0, 0.05) is 11.4 Å². The van der Waals surface area contributed by atoms with E-state index >= 15 is 0 Å². The van der Waals surface area contributed by atoms with Crippen LogP contribution in [-0.4, -0.2) is 25.2 Å². The lowest BCUT2D eigenvalue weighted by Crippen LogP contribution is -2.21. The quantitative estimate of drug-likeness (QED) is 0.581. The van der Waals surface area contributed by atoms with Crippen molar-refractivity contribution < 1.29 is 18.3 Å². The Balaban J connectivity index is 2.25. The summed E-state index contributed by atoms with van der Waals surface area (Å²) in [5.74, 6) is -0.987. The molecular formula is C16H15ClN2O4S. The van der Waals surface area contributed by atoms with Gasteiger partial charge in [-0.25, -0.2) is 0 Å². The number of carbonyl (C=O) groups is 1. The molecule has 0 heterocycles. The fraction of sp³-hybridized carbons (Fsp3) is 0.125. The van der Waals surface area contributed by atoms with Crippen LogP contribution in [-0.2, 0) is 14.8 Å². The Morgan fingerprint density at radius 1 is 1.04 bits per heavy atom. The number of sulfonamides is 1.